The van der Waals surface area contributed by atoms with Crippen molar-refractivity contribution < 1.29 is 191 Å². The Kier molecular flexibility index (Phi) is 36.0. The standard InChI is InChI=1S/C35H30ClN9O15S5.FI3.4Na/c1-19-16-30(44-45-31-18-23(62-59-56-47)6-12-32(31)65(51,52)53)20(2)15-29(19)43-42-28-11-10-27(25-9-5-22(17-26(25)28)61-58-55-46)38-35-40-33(36)39-34(41-35)37-21-3-7-24(8-4-21)64(49,50)14-13-54-63-60-57-48;1-4(2)3;;;;/h3-12,15-18,46-48H,13-14H2,1-2H3,(H,51,52,53)(H2,37,38,39,40,41);;;;;/q;;4*+1/p-4. The number of anilines is 4. The molecule has 0 atom stereocenters. The number of hydrogen-bond acceptors (Lipinski definition) is 27. The third-order valence-electron chi connectivity index (χ3n) is 8.39. The summed E-state index contributed by atoms with van der Waals surface area (Å²) in [5.74, 6) is -0.362. The Hall–Kier alpha value is 1.09. The van der Waals surface area contributed by atoms with E-state index in [1.54, 1.807) is 56.3 Å². The van der Waals surface area contributed by atoms with Crippen LogP contribution in [0.4, 0.5) is 48.9 Å². The molecule has 1 heterocycles. The average molecular weight is 1500 g/mol. The summed E-state index contributed by atoms with van der Waals surface area (Å²) in [5.41, 5.74) is 2.87. The molecule has 0 aliphatic carbocycles. The van der Waals surface area contributed by atoms with Crippen molar-refractivity contribution in [3.63, 3.8) is 0 Å². The maximum absolute atomic E-state index is 12.7. The molecule has 2 N–H and O–H groups in total. The molecule has 6 rings (SSSR count). The Morgan fingerprint density at radius 3 is 1.75 bits per heavy atom. The minimum Gasteiger partial charge on any atom is 1.00 e. The van der Waals surface area contributed by atoms with Gasteiger partial charge in [0.25, 0.3) is 0 Å². The van der Waals surface area contributed by atoms with Crippen molar-refractivity contribution in [1.82, 2.24) is 15.0 Å². The van der Waals surface area contributed by atoms with E-state index in [2.05, 4.69) is 74.2 Å². The summed E-state index contributed by atoms with van der Waals surface area (Å²) in [6.45, 7) is 3.15. The van der Waals surface area contributed by atoms with Crippen LogP contribution in [-0.4, -0.2) is 48.7 Å². The van der Waals surface area contributed by atoms with Crippen LogP contribution in [0.1, 0.15) is 11.1 Å². The molecule has 0 aliphatic heterocycles. The molecule has 0 saturated carbocycles. The summed E-state index contributed by atoms with van der Waals surface area (Å²) < 4.78 is 89.6. The van der Waals surface area contributed by atoms with Gasteiger partial charge >= 0.3 is 171 Å². The molecule has 24 nitrogen and oxygen atoms in total. The molecule has 0 spiro atoms. The van der Waals surface area contributed by atoms with Gasteiger partial charge in [-0.25, -0.2) is 16.8 Å². The van der Waals surface area contributed by atoms with Gasteiger partial charge in [0, 0.05) is 31.9 Å². The Morgan fingerprint density at radius 2 is 1.19 bits per heavy atom. The van der Waals surface area contributed by atoms with E-state index in [4.69, 9.17) is 15.8 Å². The first kappa shape index (κ1) is 72.1. The quantitative estimate of drug-likeness (QED) is 0.0105. The first-order valence-corrected chi connectivity index (χ1v) is 37.0. The van der Waals surface area contributed by atoms with Crippen molar-refractivity contribution >= 4 is 174 Å². The van der Waals surface area contributed by atoms with Crippen LogP contribution in [0.2, 0.25) is 5.28 Å². The van der Waals surface area contributed by atoms with E-state index in [9.17, 15) is 40.0 Å². The number of halogens is 5. The van der Waals surface area contributed by atoms with E-state index in [0.29, 0.717) is 79.3 Å². The molecule has 0 aliphatic rings. The van der Waals surface area contributed by atoms with Gasteiger partial charge in [-0.05, 0) is 115 Å². The van der Waals surface area contributed by atoms with E-state index >= 15 is 0 Å². The van der Waals surface area contributed by atoms with Crippen LogP contribution in [0.3, 0.4) is 0 Å². The Bertz CT molecular complexity index is 3040. The molecule has 6 aromatic rings. The number of sulfone groups is 1. The molecule has 0 radical (unpaired) electrons. The number of fused-ring (bicyclic) bond motifs is 1. The summed E-state index contributed by atoms with van der Waals surface area (Å²) in [7, 11) is -8.70. The zero-order valence-corrected chi connectivity index (χ0v) is 57.5. The van der Waals surface area contributed by atoms with Gasteiger partial charge < -0.3 is 31.0 Å². The third kappa shape index (κ3) is 24.0. The van der Waals surface area contributed by atoms with E-state index in [1.165, 1.54) is 36.4 Å². The first-order valence-electron chi connectivity index (χ1n) is 18.0. The zero-order chi connectivity index (χ0) is 50.1. The summed E-state index contributed by atoms with van der Waals surface area (Å²) in [4.78, 5) is 12.7. The number of nitrogens with zero attached hydrogens (tertiary/aromatic N) is 7. The van der Waals surface area contributed by atoms with Crippen molar-refractivity contribution in [2.45, 2.75) is 33.4 Å². The molecule has 0 amide bonds. The van der Waals surface area contributed by atoms with Crippen molar-refractivity contribution in [2.75, 3.05) is 23.0 Å². The zero-order valence-electron chi connectivity index (χ0n) is 38.2. The number of azo groups is 2. The second-order valence-corrected chi connectivity index (χ2v) is 39.6. The molecule has 38 heteroatoms. The molecule has 0 fully saturated rings. The van der Waals surface area contributed by atoms with E-state index in [0.717, 1.165) is 6.07 Å². The molecule has 0 saturated heterocycles. The van der Waals surface area contributed by atoms with Crippen LogP contribution in [0.5, 0.6) is 0 Å². The number of aromatic nitrogens is 3. The fraction of sp³-hybridized carbons (Fsp3) is 0.114. The topological polar surface area (TPSA) is 337 Å². The molecule has 370 valence electrons. The summed E-state index contributed by atoms with van der Waals surface area (Å²) in [6.07, 6.45) is 0. The first-order chi connectivity index (χ1) is 32.9. The van der Waals surface area contributed by atoms with Crippen molar-refractivity contribution in [2.24, 2.45) is 20.5 Å². The van der Waals surface area contributed by atoms with Crippen molar-refractivity contribution in [3.05, 3.63) is 101 Å². The summed E-state index contributed by atoms with van der Waals surface area (Å²) >= 11 is 9.42. The third-order valence-corrected chi connectivity index (χ3v) is 12.7. The van der Waals surface area contributed by atoms with Gasteiger partial charge in [0.15, 0.2) is 22.2 Å². The van der Waals surface area contributed by atoms with Gasteiger partial charge in [-0.1, -0.05) is 6.07 Å². The maximum Gasteiger partial charge on any atom is 1.00 e. The van der Waals surface area contributed by atoms with Crippen molar-refractivity contribution in [1.29, 1.82) is 0 Å². The Morgan fingerprint density at radius 1 is 0.671 bits per heavy atom. The molecule has 0 unspecified atom stereocenters. The second kappa shape index (κ2) is 36.4. The number of nitrogens with one attached hydrogen (secondary N) is 2. The SMILES string of the molecule is Cc1cc(N=Nc2ccc(Nc3nc(Cl)nc(Nc4ccc(S(=O)(=O)CCOSOO[O-])cc4)n3)c3ccc(SOO[O-])cc23)c(C)cc1N=Nc1cc(SOO[O-])ccc1S(=O)(=O)[O-].FI(I)I.[Na+].[Na+].[Na+].[Na+]. The Balaban J connectivity index is 0.00000321. The van der Waals surface area contributed by atoms with Crippen LogP contribution >= 0.6 is 97.7 Å². The Labute approximate surface area is 549 Å². The number of hydrogen-bond donors (Lipinski definition) is 2. The molecule has 0 bridgehead atoms. The molecular weight excluding hydrogens is 1470 g/mol. The molecule has 73 heavy (non-hydrogen) atoms. The summed E-state index contributed by atoms with van der Waals surface area (Å²) in [6, 6.07) is 20.8. The largest absolute Gasteiger partial charge is 1.00 e. The predicted molar refractivity (Wildman–Crippen MR) is 267 cm³/mol. The van der Waals surface area contributed by atoms with Crippen LogP contribution in [0.15, 0.2) is 125 Å². The van der Waals surface area contributed by atoms with E-state index in [1.807, 2.05) is 37.2 Å². The van der Waals surface area contributed by atoms with Crippen LogP contribution in [0.25, 0.3) is 10.8 Å². The minimum atomic E-state index is -4.95. The number of benzene rings is 5. The maximum atomic E-state index is 12.7. The van der Waals surface area contributed by atoms with E-state index < -0.39 is 43.0 Å². The average Bonchev–Trinajstić information content (AvgIpc) is 3.29. The number of rotatable bonds is 22. The monoisotopic (exact) mass is 1500 g/mol. The van der Waals surface area contributed by atoms with E-state index in [-0.39, 0.29) is 170 Å². The number of aryl methyl sites for hydroxylation is 2. The molecular formula is C35H26ClFI3N9Na4O15S5. The predicted octanol–water partition coefficient (Wildman–Crippen LogP) is -2.35. The fourth-order valence-electron chi connectivity index (χ4n) is 5.51. The van der Waals surface area contributed by atoms with Gasteiger partial charge in [0.05, 0.1) is 63.3 Å². The van der Waals surface area contributed by atoms with Crippen molar-refractivity contribution in [3.8, 4) is 0 Å². The van der Waals surface area contributed by atoms with Crippen LogP contribution in [0, 0.1) is 13.8 Å². The second-order valence-electron chi connectivity index (χ2n) is 12.7. The van der Waals surface area contributed by atoms with Gasteiger partial charge in [-0.3, -0.25) is 19.3 Å². The van der Waals surface area contributed by atoms with Crippen LogP contribution < -0.4 is 145 Å². The van der Waals surface area contributed by atoms with Gasteiger partial charge in [0.2, 0.25) is 17.2 Å². The van der Waals surface area contributed by atoms with Crippen LogP contribution in [-0.2, 0) is 52.3 Å². The molecule has 5 aromatic carbocycles. The normalized spacial score (nSPS) is 11.5. The summed E-state index contributed by atoms with van der Waals surface area (Å²) in [5, 5.41) is 64.8. The fourth-order valence-corrected chi connectivity index (χ4v) is 8.45. The van der Waals surface area contributed by atoms with Gasteiger partial charge in [-0.2, -0.15) is 33.8 Å². The smallest absolute Gasteiger partial charge is 1.00 e. The van der Waals surface area contributed by atoms with Gasteiger partial charge in [0.1, 0.15) is 15.8 Å². The van der Waals surface area contributed by atoms with Gasteiger partial charge in [-0.15, -0.1) is 14.6 Å². The minimum absolute atomic E-state index is 0. The molecule has 1 aromatic heterocycles.